The minimum atomic E-state index is -0.635. The maximum Gasteiger partial charge on any atom is 0.408 e. The van der Waals surface area contributed by atoms with Gasteiger partial charge in [-0.1, -0.05) is 23.7 Å². The van der Waals surface area contributed by atoms with Crippen LogP contribution in [-0.2, 0) is 20.7 Å². The van der Waals surface area contributed by atoms with E-state index in [0.717, 1.165) is 5.56 Å². The average Bonchev–Trinajstić information content (AvgIpc) is 2.56. The molecule has 0 bridgehead atoms. The van der Waals surface area contributed by atoms with Crippen LogP contribution in [0, 0.1) is 0 Å². The number of carbonyl (C=O) groups is 3. The number of rotatable bonds is 9. The predicted octanol–water partition coefficient (Wildman–Crippen LogP) is 2.42. The van der Waals surface area contributed by atoms with Gasteiger partial charge in [-0.05, 0) is 51.3 Å². The molecule has 0 saturated carbocycles. The Morgan fingerprint density at radius 3 is 2.33 bits per heavy atom. The standard InChI is InChI=1S/C19H28ClN3O4/c1-19(2,3)27-18(26)23-13-17(25)22-11-5-10-21-16(24)9-8-14-6-4-7-15(20)12-14/h4,6-7,12H,5,8-11,13H2,1-3H3,(H,21,24)(H,22,25)(H,23,26). The highest BCUT2D eigenvalue weighted by atomic mass is 35.5. The van der Waals surface area contributed by atoms with Crippen molar-refractivity contribution >= 4 is 29.5 Å². The molecule has 1 rings (SSSR count). The summed E-state index contributed by atoms with van der Waals surface area (Å²) in [6.07, 6.45) is 0.970. The van der Waals surface area contributed by atoms with E-state index in [-0.39, 0.29) is 18.4 Å². The zero-order chi connectivity index (χ0) is 20.3. The molecule has 27 heavy (non-hydrogen) atoms. The normalized spacial score (nSPS) is 10.8. The van der Waals surface area contributed by atoms with E-state index in [1.165, 1.54) is 0 Å². The van der Waals surface area contributed by atoms with Gasteiger partial charge < -0.3 is 20.7 Å². The molecule has 7 nitrogen and oxygen atoms in total. The first-order valence-corrected chi connectivity index (χ1v) is 9.28. The third kappa shape index (κ3) is 11.9. The van der Waals surface area contributed by atoms with Gasteiger partial charge in [0.15, 0.2) is 0 Å². The fourth-order valence-electron chi connectivity index (χ4n) is 2.11. The summed E-state index contributed by atoms with van der Waals surface area (Å²) in [5, 5.41) is 8.51. The number of aryl methyl sites for hydroxylation is 1. The zero-order valence-electron chi connectivity index (χ0n) is 16.1. The van der Waals surface area contributed by atoms with E-state index in [4.69, 9.17) is 16.3 Å². The molecular weight excluding hydrogens is 370 g/mol. The van der Waals surface area contributed by atoms with Crippen LogP contribution in [0.4, 0.5) is 4.79 Å². The number of hydrogen-bond acceptors (Lipinski definition) is 4. The van der Waals surface area contributed by atoms with E-state index in [1.54, 1.807) is 26.8 Å². The minimum absolute atomic E-state index is 0.0482. The van der Waals surface area contributed by atoms with Gasteiger partial charge in [-0.15, -0.1) is 0 Å². The molecule has 3 N–H and O–H groups in total. The van der Waals surface area contributed by atoms with Crippen molar-refractivity contribution in [3.8, 4) is 0 Å². The fourth-order valence-corrected chi connectivity index (χ4v) is 2.32. The van der Waals surface area contributed by atoms with Crippen LogP contribution in [0.25, 0.3) is 0 Å². The zero-order valence-corrected chi connectivity index (χ0v) is 16.8. The molecule has 1 aromatic carbocycles. The number of hydrogen-bond donors (Lipinski definition) is 3. The van der Waals surface area contributed by atoms with Crippen molar-refractivity contribution in [3.05, 3.63) is 34.9 Å². The Balaban J connectivity index is 2.06. The lowest BCUT2D eigenvalue weighted by molar-refractivity contribution is -0.121. The average molecular weight is 398 g/mol. The Morgan fingerprint density at radius 1 is 1.04 bits per heavy atom. The summed E-state index contributed by atoms with van der Waals surface area (Å²) in [6.45, 7) is 5.96. The molecule has 8 heteroatoms. The van der Waals surface area contributed by atoms with Crippen molar-refractivity contribution in [2.24, 2.45) is 0 Å². The first-order chi connectivity index (χ1) is 12.7. The van der Waals surface area contributed by atoms with Crippen molar-refractivity contribution < 1.29 is 19.1 Å². The fraction of sp³-hybridized carbons (Fsp3) is 0.526. The van der Waals surface area contributed by atoms with E-state index < -0.39 is 11.7 Å². The van der Waals surface area contributed by atoms with Crippen LogP contribution in [-0.4, -0.2) is 43.1 Å². The first-order valence-electron chi connectivity index (χ1n) is 8.90. The van der Waals surface area contributed by atoms with Crippen LogP contribution >= 0.6 is 11.6 Å². The van der Waals surface area contributed by atoms with Crippen molar-refractivity contribution in [1.82, 2.24) is 16.0 Å². The second kappa shape index (κ2) is 11.4. The number of benzene rings is 1. The molecule has 0 unspecified atom stereocenters. The molecule has 0 atom stereocenters. The van der Waals surface area contributed by atoms with Crippen molar-refractivity contribution in [1.29, 1.82) is 0 Å². The third-order valence-electron chi connectivity index (χ3n) is 3.32. The first kappa shape index (κ1) is 22.8. The van der Waals surface area contributed by atoms with Crippen LogP contribution in [0.3, 0.4) is 0 Å². The number of carbonyl (C=O) groups excluding carboxylic acids is 3. The SMILES string of the molecule is CC(C)(C)OC(=O)NCC(=O)NCCCNC(=O)CCc1cccc(Cl)c1. The smallest absolute Gasteiger partial charge is 0.408 e. The Kier molecular flexibility index (Phi) is 9.64. The molecule has 150 valence electrons. The lowest BCUT2D eigenvalue weighted by Crippen LogP contribution is -2.40. The Hall–Kier alpha value is -2.28. The second-order valence-corrected chi connectivity index (χ2v) is 7.48. The molecule has 0 aliphatic carbocycles. The molecule has 0 spiro atoms. The summed E-state index contributed by atoms with van der Waals surface area (Å²) in [4.78, 5) is 34.8. The van der Waals surface area contributed by atoms with Crippen LogP contribution in [0.15, 0.2) is 24.3 Å². The highest BCUT2D eigenvalue weighted by Gasteiger charge is 2.16. The molecule has 0 fully saturated rings. The lowest BCUT2D eigenvalue weighted by atomic mass is 10.1. The number of ether oxygens (including phenoxy) is 1. The maximum atomic E-state index is 11.8. The second-order valence-electron chi connectivity index (χ2n) is 7.04. The van der Waals surface area contributed by atoms with Crippen LogP contribution < -0.4 is 16.0 Å². The van der Waals surface area contributed by atoms with Gasteiger partial charge in [-0.2, -0.15) is 0 Å². The van der Waals surface area contributed by atoms with Crippen molar-refractivity contribution in [2.45, 2.75) is 45.6 Å². The van der Waals surface area contributed by atoms with Crippen molar-refractivity contribution in [2.75, 3.05) is 19.6 Å². The number of nitrogens with one attached hydrogen (secondary N) is 3. The van der Waals surface area contributed by atoms with Gasteiger partial charge in [0.05, 0.1) is 6.54 Å². The summed E-state index contributed by atoms with van der Waals surface area (Å²) in [5.74, 6) is -0.360. The molecule has 0 aromatic heterocycles. The molecule has 0 aliphatic heterocycles. The van der Waals surface area contributed by atoms with Gasteiger partial charge in [-0.3, -0.25) is 9.59 Å². The van der Waals surface area contributed by atoms with Gasteiger partial charge in [0.2, 0.25) is 11.8 Å². The number of amides is 3. The van der Waals surface area contributed by atoms with Gasteiger partial charge in [0.25, 0.3) is 0 Å². The van der Waals surface area contributed by atoms with Crippen LogP contribution in [0.5, 0.6) is 0 Å². The van der Waals surface area contributed by atoms with Gasteiger partial charge in [0.1, 0.15) is 5.60 Å². The topological polar surface area (TPSA) is 96.5 Å². The highest BCUT2D eigenvalue weighted by molar-refractivity contribution is 6.30. The summed E-state index contributed by atoms with van der Waals surface area (Å²) >= 11 is 5.91. The predicted molar refractivity (Wildman–Crippen MR) is 105 cm³/mol. The van der Waals surface area contributed by atoms with Gasteiger partial charge in [-0.25, -0.2) is 4.79 Å². The summed E-state index contributed by atoms with van der Waals surface area (Å²) in [7, 11) is 0. The van der Waals surface area contributed by atoms with Gasteiger partial charge >= 0.3 is 6.09 Å². The molecular formula is C19H28ClN3O4. The number of alkyl carbamates (subject to hydrolysis) is 1. The molecule has 0 radical (unpaired) electrons. The maximum absolute atomic E-state index is 11.8. The minimum Gasteiger partial charge on any atom is -0.444 e. The van der Waals surface area contributed by atoms with Crippen molar-refractivity contribution in [3.63, 3.8) is 0 Å². The molecule has 0 aliphatic rings. The van der Waals surface area contributed by atoms with E-state index in [9.17, 15) is 14.4 Å². The van der Waals surface area contributed by atoms with Gasteiger partial charge in [0, 0.05) is 24.5 Å². The highest BCUT2D eigenvalue weighted by Crippen LogP contribution is 2.12. The summed E-state index contributed by atoms with van der Waals surface area (Å²) in [6, 6.07) is 7.42. The van der Waals surface area contributed by atoms with Crippen LogP contribution in [0.2, 0.25) is 5.02 Å². The van der Waals surface area contributed by atoms with Crippen LogP contribution in [0.1, 0.15) is 39.2 Å². The third-order valence-corrected chi connectivity index (χ3v) is 3.55. The Labute approximate surface area is 165 Å². The molecule has 0 saturated heterocycles. The number of halogens is 1. The summed E-state index contributed by atoms with van der Waals surface area (Å²) < 4.78 is 5.03. The lowest BCUT2D eigenvalue weighted by Gasteiger charge is -2.19. The molecule has 1 aromatic rings. The van der Waals surface area contributed by atoms with E-state index in [2.05, 4.69) is 16.0 Å². The Morgan fingerprint density at radius 2 is 1.70 bits per heavy atom. The molecule has 3 amide bonds. The largest absolute Gasteiger partial charge is 0.444 e. The monoisotopic (exact) mass is 397 g/mol. The summed E-state index contributed by atoms with van der Waals surface area (Å²) in [5.41, 5.74) is 0.410. The van der Waals surface area contributed by atoms with E-state index >= 15 is 0 Å². The Bertz CT molecular complexity index is 644. The quantitative estimate of drug-likeness (QED) is 0.557. The van der Waals surface area contributed by atoms with E-state index in [1.807, 2.05) is 18.2 Å². The molecule has 0 heterocycles. The van der Waals surface area contributed by atoms with E-state index in [0.29, 0.717) is 37.4 Å².